The van der Waals surface area contributed by atoms with Crippen LogP contribution < -0.4 is 4.90 Å². The molecule has 9 heteroatoms. The van der Waals surface area contributed by atoms with E-state index in [1.165, 1.54) is 12.1 Å². The zero-order chi connectivity index (χ0) is 24.9. The van der Waals surface area contributed by atoms with Crippen molar-refractivity contribution in [2.24, 2.45) is 5.92 Å². The van der Waals surface area contributed by atoms with Crippen LogP contribution in [0, 0.1) is 18.7 Å². The van der Waals surface area contributed by atoms with E-state index >= 15 is 0 Å². The molecule has 2 fully saturated rings. The molecule has 4 heterocycles. The van der Waals surface area contributed by atoms with Crippen LogP contribution in [0.3, 0.4) is 0 Å². The van der Waals surface area contributed by atoms with Gasteiger partial charge in [-0.3, -0.25) is 4.79 Å². The number of aromatic nitrogens is 3. The summed E-state index contributed by atoms with van der Waals surface area (Å²) in [6.45, 7) is 7.19. The number of carbonyl (C=O) groups excluding carboxylic acids is 1. The summed E-state index contributed by atoms with van der Waals surface area (Å²) < 4.78 is 44.6. The van der Waals surface area contributed by atoms with E-state index in [0.29, 0.717) is 37.1 Å². The molecule has 0 aliphatic carbocycles. The van der Waals surface area contributed by atoms with Crippen molar-refractivity contribution in [2.45, 2.75) is 58.4 Å². The van der Waals surface area contributed by atoms with E-state index in [0.717, 1.165) is 49.8 Å². The minimum Gasteiger partial charge on any atom is -0.356 e. The monoisotopic (exact) mass is 485 g/mol. The molecular weight excluding hydrogens is 455 g/mol. The standard InChI is InChI=1S/C26H30F3N5O/c1-16-10-12-32(14-16)24-17(2)15-34-22(30-24)13-20(31-34)21-9-4-5-11-33(21)25(35)18-7-6-8-19(27)23(18)26(3,28)29/h6-8,13,15-16,21H,4-5,9-12,14H2,1-3H3/t16-,21-/m0/s1. The van der Waals surface area contributed by atoms with Gasteiger partial charge in [0.15, 0.2) is 5.65 Å². The summed E-state index contributed by atoms with van der Waals surface area (Å²) in [7, 11) is 0. The van der Waals surface area contributed by atoms with Gasteiger partial charge in [0.25, 0.3) is 11.8 Å². The highest BCUT2D eigenvalue weighted by Gasteiger charge is 2.37. The van der Waals surface area contributed by atoms with Gasteiger partial charge in [-0.05, 0) is 50.7 Å². The minimum absolute atomic E-state index is 0.299. The van der Waals surface area contributed by atoms with Crippen LogP contribution in [0.4, 0.5) is 19.0 Å². The molecule has 0 spiro atoms. The third kappa shape index (κ3) is 4.36. The van der Waals surface area contributed by atoms with Crippen molar-refractivity contribution < 1.29 is 18.0 Å². The summed E-state index contributed by atoms with van der Waals surface area (Å²) in [5.74, 6) is -3.58. The van der Waals surface area contributed by atoms with Crippen LogP contribution >= 0.6 is 0 Å². The van der Waals surface area contributed by atoms with E-state index in [1.54, 1.807) is 9.42 Å². The maximum absolute atomic E-state index is 14.4. The number of hydrogen-bond donors (Lipinski definition) is 0. The van der Waals surface area contributed by atoms with Gasteiger partial charge in [-0.1, -0.05) is 13.0 Å². The van der Waals surface area contributed by atoms with Gasteiger partial charge in [0.2, 0.25) is 0 Å². The van der Waals surface area contributed by atoms with Crippen molar-refractivity contribution >= 4 is 17.4 Å². The van der Waals surface area contributed by atoms with E-state index in [-0.39, 0.29) is 5.56 Å². The Morgan fingerprint density at radius 1 is 1.17 bits per heavy atom. The maximum atomic E-state index is 14.4. The number of anilines is 1. The first kappa shape index (κ1) is 23.6. The second kappa shape index (κ2) is 8.84. The van der Waals surface area contributed by atoms with Crippen molar-refractivity contribution in [1.29, 1.82) is 0 Å². The molecule has 186 valence electrons. The molecule has 2 saturated heterocycles. The van der Waals surface area contributed by atoms with Crippen LogP contribution in [0.2, 0.25) is 0 Å². The fourth-order valence-electron chi connectivity index (χ4n) is 5.41. The van der Waals surface area contributed by atoms with Crippen molar-refractivity contribution in [2.75, 3.05) is 24.5 Å². The second-order valence-electron chi connectivity index (χ2n) is 10.0. The van der Waals surface area contributed by atoms with Gasteiger partial charge in [0.05, 0.1) is 22.9 Å². The van der Waals surface area contributed by atoms with E-state index < -0.39 is 29.3 Å². The Morgan fingerprint density at radius 2 is 1.97 bits per heavy atom. The second-order valence-corrected chi connectivity index (χ2v) is 10.0. The summed E-state index contributed by atoms with van der Waals surface area (Å²) in [6.07, 6.45) is 5.36. The summed E-state index contributed by atoms with van der Waals surface area (Å²) >= 11 is 0. The number of rotatable bonds is 4. The lowest BCUT2D eigenvalue weighted by atomic mass is 9.95. The molecule has 1 aromatic carbocycles. The fraction of sp³-hybridized carbons (Fsp3) is 0.500. The van der Waals surface area contributed by atoms with Crippen LogP contribution in [-0.2, 0) is 5.92 Å². The molecule has 2 aliphatic heterocycles. The van der Waals surface area contributed by atoms with Crippen LogP contribution in [0.15, 0.2) is 30.5 Å². The Balaban J connectivity index is 1.50. The first-order chi connectivity index (χ1) is 16.6. The van der Waals surface area contributed by atoms with Gasteiger partial charge in [-0.2, -0.15) is 5.10 Å². The molecule has 0 radical (unpaired) electrons. The highest BCUT2D eigenvalue weighted by molar-refractivity contribution is 5.96. The summed E-state index contributed by atoms with van der Waals surface area (Å²) in [5.41, 5.74) is 1.22. The van der Waals surface area contributed by atoms with Crippen LogP contribution in [0.25, 0.3) is 5.65 Å². The smallest absolute Gasteiger partial charge is 0.274 e. The Labute approximate surface area is 202 Å². The van der Waals surface area contributed by atoms with Gasteiger partial charge in [-0.15, -0.1) is 0 Å². The lowest BCUT2D eigenvalue weighted by Gasteiger charge is -2.35. The number of nitrogens with zero attached hydrogens (tertiary/aromatic N) is 5. The van der Waals surface area contributed by atoms with E-state index in [9.17, 15) is 18.0 Å². The van der Waals surface area contributed by atoms with Gasteiger partial charge >= 0.3 is 0 Å². The van der Waals surface area contributed by atoms with Crippen LogP contribution in [0.1, 0.15) is 72.8 Å². The molecule has 2 aliphatic rings. The zero-order valence-electron chi connectivity index (χ0n) is 20.3. The number of halogens is 3. The molecule has 0 bridgehead atoms. The molecule has 5 rings (SSSR count). The maximum Gasteiger partial charge on any atom is 0.274 e. The molecule has 2 atom stereocenters. The number of likely N-dealkylation sites (tertiary alicyclic amines) is 1. The Kier molecular flexibility index (Phi) is 5.97. The number of alkyl halides is 2. The number of amides is 1. The Hall–Kier alpha value is -3.10. The normalized spacial score (nSPS) is 21.2. The van der Waals surface area contributed by atoms with Gasteiger partial charge in [0.1, 0.15) is 11.6 Å². The number of fused-ring (bicyclic) bond motifs is 1. The van der Waals surface area contributed by atoms with E-state index in [2.05, 4.69) is 11.8 Å². The average molecular weight is 486 g/mol. The van der Waals surface area contributed by atoms with Crippen molar-refractivity contribution in [3.63, 3.8) is 0 Å². The van der Waals surface area contributed by atoms with E-state index in [1.807, 2.05) is 19.2 Å². The highest BCUT2D eigenvalue weighted by Crippen LogP contribution is 2.37. The fourth-order valence-corrected chi connectivity index (χ4v) is 5.41. The predicted octanol–water partition coefficient (Wildman–Crippen LogP) is 5.50. The molecule has 0 N–H and O–H groups in total. The lowest BCUT2D eigenvalue weighted by Crippen LogP contribution is -2.39. The molecule has 1 amide bonds. The molecule has 0 unspecified atom stereocenters. The summed E-state index contributed by atoms with van der Waals surface area (Å²) in [6, 6.07) is 5.03. The zero-order valence-corrected chi connectivity index (χ0v) is 20.3. The van der Waals surface area contributed by atoms with Gasteiger partial charge in [-0.25, -0.2) is 22.7 Å². The Morgan fingerprint density at radius 3 is 2.69 bits per heavy atom. The van der Waals surface area contributed by atoms with Crippen LogP contribution in [-0.4, -0.2) is 45.0 Å². The predicted molar refractivity (Wildman–Crippen MR) is 127 cm³/mol. The molecule has 35 heavy (non-hydrogen) atoms. The number of benzene rings is 1. The number of piperidine rings is 1. The minimum atomic E-state index is -3.48. The van der Waals surface area contributed by atoms with Crippen LogP contribution in [0.5, 0.6) is 0 Å². The van der Waals surface area contributed by atoms with E-state index in [4.69, 9.17) is 10.1 Å². The number of aryl methyl sites for hydroxylation is 1. The first-order valence-corrected chi connectivity index (χ1v) is 12.2. The third-order valence-electron chi connectivity index (χ3n) is 7.14. The summed E-state index contributed by atoms with van der Waals surface area (Å²) in [5, 5.41) is 4.71. The number of hydrogen-bond acceptors (Lipinski definition) is 4. The van der Waals surface area contributed by atoms with Crippen molar-refractivity contribution in [3.8, 4) is 0 Å². The Bertz CT molecular complexity index is 1270. The molecule has 2 aromatic heterocycles. The molecule has 3 aromatic rings. The quantitative estimate of drug-likeness (QED) is 0.490. The average Bonchev–Trinajstić information content (AvgIpc) is 3.42. The van der Waals surface area contributed by atoms with Gasteiger partial charge < -0.3 is 9.80 Å². The summed E-state index contributed by atoms with van der Waals surface area (Å²) in [4.78, 5) is 22.2. The number of carbonyl (C=O) groups is 1. The van der Waals surface area contributed by atoms with Gasteiger partial charge in [0, 0.05) is 44.4 Å². The highest BCUT2D eigenvalue weighted by atomic mass is 19.3. The third-order valence-corrected chi connectivity index (χ3v) is 7.14. The molecule has 6 nitrogen and oxygen atoms in total. The van der Waals surface area contributed by atoms with Crippen molar-refractivity contribution in [1.82, 2.24) is 19.5 Å². The topological polar surface area (TPSA) is 53.7 Å². The van der Waals surface area contributed by atoms with Crippen molar-refractivity contribution in [3.05, 3.63) is 58.7 Å². The lowest BCUT2D eigenvalue weighted by molar-refractivity contribution is 0.0114. The SMILES string of the molecule is Cc1cn2nc([C@@H]3CCCCN3C(=O)c3cccc(F)c3C(C)(F)F)cc2nc1N1CC[C@H](C)C1. The largest absolute Gasteiger partial charge is 0.356 e. The first-order valence-electron chi connectivity index (χ1n) is 12.2. The molecular formula is C26H30F3N5O. The molecule has 0 saturated carbocycles.